The number of nitriles is 1. The third-order valence-corrected chi connectivity index (χ3v) is 5.71. The van der Waals surface area contributed by atoms with Crippen molar-refractivity contribution < 1.29 is 9.53 Å². The quantitative estimate of drug-likeness (QED) is 0.659. The summed E-state index contributed by atoms with van der Waals surface area (Å²) in [5.41, 5.74) is 4.31. The number of nitrogens with zero attached hydrogens (tertiary/aromatic N) is 6. The number of fused-ring (bicyclic) bond motifs is 1. The molecule has 0 aromatic carbocycles. The van der Waals surface area contributed by atoms with Crippen LogP contribution in [-0.2, 0) is 16.0 Å². The van der Waals surface area contributed by atoms with Gasteiger partial charge in [-0.05, 0) is 51.8 Å². The zero-order valence-corrected chi connectivity index (χ0v) is 18.8. The van der Waals surface area contributed by atoms with E-state index in [0.717, 1.165) is 35.9 Å². The lowest BCUT2D eigenvalue weighted by Crippen LogP contribution is -2.45. The van der Waals surface area contributed by atoms with E-state index < -0.39 is 0 Å². The average Bonchev–Trinajstić information content (AvgIpc) is 3.16. The summed E-state index contributed by atoms with van der Waals surface area (Å²) in [7, 11) is 0. The van der Waals surface area contributed by atoms with Crippen molar-refractivity contribution in [3.63, 3.8) is 0 Å². The summed E-state index contributed by atoms with van der Waals surface area (Å²) in [5, 5.41) is 16.4. The predicted molar refractivity (Wildman–Crippen MR) is 121 cm³/mol. The number of carbonyl (C=O) groups excluding carboxylic acids is 1. The minimum absolute atomic E-state index is 0.0924. The normalized spacial score (nSPS) is 18.5. The van der Waals surface area contributed by atoms with Gasteiger partial charge in [0.15, 0.2) is 5.65 Å². The molecule has 3 aromatic rings. The van der Waals surface area contributed by atoms with Crippen LogP contribution < -0.4 is 10.2 Å². The second-order valence-electron chi connectivity index (χ2n) is 8.28. The fourth-order valence-corrected chi connectivity index (χ4v) is 4.23. The highest BCUT2D eigenvalue weighted by atomic mass is 16.5. The van der Waals surface area contributed by atoms with Crippen molar-refractivity contribution in [3.05, 3.63) is 47.0 Å². The molecule has 4 heterocycles. The fourth-order valence-electron chi connectivity index (χ4n) is 4.23. The second kappa shape index (κ2) is 8.93. The van der Waals surface area contributed by atoms with Gasteiger partial charge in [-0.3, -0.25) is 4.79 Å². The van der Waals surface area contributed by atoms with Crippen LogP contribution in [-0.4, -0.2) is 50.8 Å². The molecular weight excluding hydrogens is 406 g/mol. The number of aromatic nitrogens is 4. The first kappa shape index (κ1) is 21.7. The first-order valence-corrected chi connectivity index (χ1v) is 10.8. The molecule has 0 saturated carbocycles. The summed E-state index contributed by atoms with van der Waals surface area (Å²) in [4.78, 5) is 23.8. The van der Waals surface area contributed by atoms with Crippen molar-refractivity contribution in [3.8, 4) is 6.07 Å². The zero-order chi connectivity index (χ0) is 22.8. The maximum atomic E-state index is 12.5. The number of hydrogen-bond acceptors (Lipinski definition) is 7. The van der Waals surface area contributed by atoms with Crippen LogP contribution in [0.3, 0.4) is 0 Å². The molecule has 32 heavy (non-hydrogen) atoms. The van der Waals surface area contributed by atoms with Crippen molar-refractivity contribution in [2.45, 2.75) is 52.7 Å². The lowest BCUT2D eigenvalue weighted by Gasteiger charge is -2.36. The molecule has 1 aliphatic heterocycles. The third kappa shape index (κ3) is 4.41. The van der Waals surface area contributed by atoms with Gasteiger partial charge in [0.05, 0.1) is 30.3 Å². The van der Waals surface area contributed by atoms with E-state index in [9.17, 15) is 10.1 Å². The van der Waals surface area contributed by atoms with Crippen LogP contribution in [0.2, 0.25) is 0 Å². The summed E-state index contributed by atoms with van der Waals surface area (Å²) in [6, 6.07) is 5.91. The molecule has 1 saturated heterocycles. The molecule has 0 spiro atoms. The standard InChI is InChI=1S/C23H27N7O2/c1-14-12-29(13-15(2)32-14)21-7-5-19(11-25-21)28-22(31)8-6-20-16(3)27-23-18(9-24)10-26-30(23)17(20)4/h5,7,10-11,14-15H,6,8,12-13H2,1-4H3,(H,28,31). The number of morpholine rings is 1. The lowest BCUT2D eigenvalue weighted by molar-refractivity contribution is -0.116. The van der Waals surface area contributed by atoms with Gasteiger partial charge in [-0.15, -0.1) is 0 Å². The number of carbonyl (C=O) groups is 1. The third-order valence-electron chi connectivity index (χ3n) is 5.71. The maximum absolute atomic E-state index is 12.5. The topological polar surface area (TPSA) is 108 Å². The number of nitrogens with one attached hydrogen (secondary N) is 1. The van der Waals surface area contributed by atoms with Gasteiger partial charge in [-0.25, -0.2) is 14.5 Å². The van der Waals surface area contributed by atoms with Crippen molar-refractivity contribution in [1.29, 1.82) is 5.26 Å². The van der Waals surface area contributed by atoms with Gasteiger partial charge in [-0.1, -0.05) is 0 Å². The Hall–Kier alpha value is -3.51. The summed E-state index contributed by atoms with van der Waals surface area (Å²) < 4.78 is 7.44. The minimum atomic E-state index is -0.0924. The molecule has 9 nitrogen and oxygen atoms in total. The largest absolute Gasteiger partial charge is 0.372 e. The van der Waals surface area contributed by atoms with E-state index >= 15 is 0 Å². The van der Waals surface area contributed by atoms with Gasteiger partial charge in [0, 0.05) is 30.9 Å². The Morgan fingerprint density at radius 3 is 2.66 bits per heavy atom. The highest BCUT2D eigenvalue weighted by Gasteiger charge is 2.23. The highest BCUT2D eigenvalue weighted by molar-refractivity contribution is 5.90. The number of anilines is 2. The molecule has 0 radical (unpaired) electrons. The van der Waals surface area contributed by atoms with E-state index in [1.807, 2.05) is 26.0 Å². The molecule has 166 valence electrons. The smallest absolute Gasteiger partial charge is 0.224 e. The van der Waals surface area contributed by atoms with Crippen LogP contribution in [0.4, 0.5) is 11.5 Å². The van der Waals surface area contributed by atoms with Crippen LogP contribution in [0, 0.1) is 25.2 Å². The number of hydrogen-bond donors (Lipinski definition) is 1. The first-order valence-electron chi connectivity index (χ1n) is 10.8. The molecule has 1 N–H and O–H groups in total. The van der Waals surface area contributed by atoms with E-state index in [4.69, 9.17) is 4.74 Å². The summed E-state index contributed by atoms with van der Waals surface area (Å²) >= 11 is 0. The number of ether oxygens (including phenoxy) is 1. The van der Waals surface area contributed by atoms with Crippen LogP contribution in [0.15, 0.2) is 24.5 Å². The fraction of sp³-hybridized carbons (Fsp3) is 0.435. The molecule has 1 amide bonds. The van der Waals surface area contributed by atoms with Crippen LogP contribution in [0.25, 0.3) is 5.65 Å². The van der Waals surface area contributed by atoms with E-state index in [2.05, 4.69) is 45.2 Å². The molecule has 9 heteroatoms. The molecule has 1 fully saturated rings. The van der Waals surface area contributed by atoms with Gasteiger partial charge < -0.3 is 15.0 Å². The minimum Gasteiger partial charge on any atom is -0.372 e. The lowest BCUT2D eigenvalue weighted by atomic mass is 10.1. The Labute approximate surface area is 187 Å². The van der Waals surface area contributed by atoms with Crippen LogP contribution in [0.1, 0.15) is 42.8 Å². The molecule has 2 atom stereocenters. The van der Waals surface area contributed by atoms with Crippen molar-refractivity contribution in [1.82, 2.24) is 19.6 Å². The average molecular weight is 434 g/mol. The zero-order valence-electron chi connectivity index (χ0n) is 18.8. The Morgan fingerprint density at radius 1 is 1.25 bits per heavy atom. The molecular formula is C23H27N7O2. The monoisotopic (exact) mass is 433 g/mol. The van der Waals surface area contributed by atoms with Gasteiger partial charge >= 0.3 is 0 Å². The number of rotatable bonds is 5. The maximum Gasteiger partial charge on any atom is 0.224 e. The predicted octanol–water partition coefficient (Wildman–Crippen LogP) is 2.80. The SMILES string of the molecule is Cc1nc2c(C#N)cnn2c(C)c1CCC(=O)Nc1ccc(N2CC(C)OC(C)C2)nc1. The van der Waals surface area contributed by atoms with E-state index in [0.29, 0.717) is 29.7 Å². The Kier molecular flexibility index (Phi) is 6.06. The van der Waals surface area contributed by atoms with E-state index in [-0.39, 0.29) is 18.1 Å². The molecule has 1 aliphatic rings. The van der Waals surface area contributed by atoms with E-state index in [1.54, 1.807) is 10.7 Å². The molecule has 4 rings (SSSR count). The van der Waals surface area contributed by atoms with Gasteiger partial charge in [0.1, 0.15) is 17.5 Å². The molecule has 0 aliphatic carbocycles. The molecule has 0 bridgehead atoms. The van der Waals surface area contributed by atoms with Gasteiger partial charge in [-0.2, -0.15) is 10.4 Å². The van der Waals surface area contributed by atoms with E-state index in [1.165, 1.54) is 6.20 Å². The number of aryl methyl sites for hydroxylation is 2. The second-order valence-corrected chi connectivity index (χ2v) is 8.28. The number of pyridine rings is 1. The highest BCUT2D eigenvalue weighted by Crippen LogP contribution is 2.21. The van der Waals surface area contributed by atoms with Crippen molar-refractivity contribution in [2.24, 2.45) is 0 Å². The summed E-state index contributed by atoms with van der Waals surface area (Å²) in [5.74, 6) is 0.789. The molecule has 2 unspecified atom stereocenters. The summed E-state index contributed by atoms with van der Waals surface area (Å²) in [6.45, 7) is 9.54. The number of amides is 1. The van der Waals surface area contributed by atoms with Gasteiger partial charge in [0.25, 0.3) is 0 Å². The van der Waals surface area contributed by atoms with Crippen LogP contribution in [0.5, 0.6) is 0 Å². The molecule has 3 aromatic heterocycles. The van der Waals surface area contributed by atoms with Crippen molar-refractivity contribution >= 4 is 23.1 Å². The first-order chi connectivity index (χ1) is 15.4. The Morgan fingerprint density at radius 2 is 2.00 bits per heavy atom. The van der Waals surface area contributed by atoms with Crippen LogP contribution >= 0.6 is 0 Å². The summed E-state index contributed by atoms with van der Waals surface area (Å²) in [6.07, 6.45) is 4.36. The Balaban J connectivity index is 1.39. The Bertz CT molecular complexity index is 1170. The van der Waals surface area contributed by atoms with Gasteiger partial charge in [0.2, 0.25) is 5.91 Å². The van der Waals surface area contributed by atoms with Crippen molar-refractivity contribution in [2.75, 3.05) is 23.3 Å².